The van der Waals surface area contributed by atoms with Crippen LogP contribution in [0.5, 0.6) is 0 Å². The van der Waals surface area contributed by atoms with Crippen LogP contribution in [0.4, 0.5) is 26.7 Å². The van der Waals surface area contributed by atoms with E-state index in [4.69, 9.17) is 10.5 Å². The van der Waals surface area contributed by atoms with Gasteiger partial charge in [-0.2, -0.15) is 23.4 Å². The fourth-order valence-corrected chi connectivity index (χ4v) is 4.79. The zero-order valence-electron chi connectivity index (χ0n) is 24.3. The Balaban J connectivity index is 1.76. The summed E-state index contributed by atoms with van der Waals surface area (Å²) in [7, 11) is 1.36. The van der Waals surface area contributed by atoms with Gasteiger partial charge in [-0.15, -0.1) is 0 Å². The van der Waals surface area contributed by atoms with Crippen molar-refractivity contribution in [3.63, 3.8) is 0 Å². The fraction of sp³-hybridized carbons (Fsp3) is 0.615. The predicted molar refractivity (Wildman–Crippen MR) is 142 cm³/mol. The second-order valence-corrected chi connectivity index (χ2v) is 11.5. The van der Waals surface area contributed by atoms with E-state index in [0.29, 0.717) is 5.56 Å². The first-order valence-electron chi connectivity index (χ1n) is 13.5. The Bertz CT molecular complexity index is 1480. The second kappa shape index (κ2) is 11.7. The summed E-state index contributed by atoms with van der Waals surface area (Å²) in [4.78, 5) is 34.4. The van der Waals surface area contributed by atoms with Crippen LogP contribution in [-0.2, 0) is 4.74 Å². The zero-order chi connectivity index (χ0) is 31.9. The minimum atomic E-state index is -4.48. The normalized spacial score (nSPS) is 17.4. The number of alkyl halides is 5. The monoisotopic (exact) mass is 615 g/mol. The van der Waals surface area contributed by atoms with Gasteiger partial charge in [-0.25, -0.2) is 32.7 Å². The van der Waals surface area contributed by atoms with Gasteiger partial charge < -0.3 is 20.7 Å². The quantitative estimate of drug-likeness (QED) is 0.312. The van der Waals surface area contributed by atoms with Crippen molar-refractivity contribution in [2.45, 2.75) is 70.6 Å². The van der Waals surface area contributed by atoms with Gasteiger partial charge in [0.15, 0.2) is 11.5 Å². The molecular weight excluding hydrogens is 581 g/mol. The lowest BCUT2D eigenvalue weighted by molar-refractivity contribution is -0.214. The topological polar surface area (TPSA) is 146 Å². The summed E-state index contributed by atoms with van der Waals surface area (Å²) in [6.45, 7) is 3.95. The van der Waals surface area contributed by atoms with E-state index in [0.717, 1.165) is 18.7 Å². The number of urea groups is 1. The molecule has 1 fully saturated rings. The first-order valence-corrected chi connectivity index (χ1v) is 13.5. The number of aromatic nitrogens is 6. The number of rotatable bonds is 11. The molecule has 0 aromatic carbocycles. The van der Waals surface area contributed by atoms with Gasteiger partial charge in [0.05, 0.1) is 55.2 Å². The number of carbonyl (C=O) groups is 2. The number of methoxy groups -OCH3 is 1. The Hall–Kier alpha value is -3.89. The van der Waals surface area contributed by atoms with Crippen molar-refractivity contribution in [3.05, 3.63) is 41.4 Å². The average molecular weight is 616 g/mol. The molecular formula is C26H34F5N9O3. The maximum Gasteiger partial charge on any atom is 0.393 e. The van der Waals surface area contributed by atoms with Crippen molar-refractivity contribution in [2.24, 2.45) is 11.1 Å². The zero-order valence-corrected chi connectivity index (χ0v) is 24.3. The van der Waals surface area contributed by atoms with Crippen molar-refractivity contribution < 1.29 is 36.3 Å². The van der Waals surface area contributed by atoms with Crippen LogP contribution >= 0.6 is 0 Å². The van der Waals surface area contributed by atoms with E-state index >= 15 is 0 Å². The minimum absolute atomic E-state index is 0.0635. The number of carbonyl (C=O) groups excluding carboxylic acids is 2. The van der Waals surface area contributed by atoms with Crippen molar-refractivity contribution in [3.8, 4) is 0 Å². The third-order valence-electron chi connectivity index (χ3n) is 7.46. The highest BCUT2D eigenvalue weighted by Gasteiger charge is 2.47. The van der Waals surface area contributed by atoms with Crippen molar-refractivity contribution in [1.29, 1.82) is 0 Å². The first kappa shape index (κ1) is 32.0. The maximum absolute atomic E-state index is 14.2. The maximum atomic E-state index is 14.2. The van der Waals surface area contributed by atoms with Crippen LogP contribution in [0.1, 0.15) is 86.2 Å². The second-order valence-electron chi connectivity index (χ2n) is 11.5. The van der Waals surface area contributed by atoms with E-state index < -0.39 is 54.5 Å². The molecule has 3 N–H and O–H groups in total. The molecule has 0 bridgehead atoms. The van der Waals surface area contributed by atoms with Gasteiger partial charge in [0.1, 0.15) is 0 Å². The molecule has 4 rings (SSSR count). The number of hydrogen-bond acceptors (Lipinski definition) is 7. The lowest BCUT2D eigenvalue weighted by atomic mass is 9.83. The SMILES string of the molecule is COC[C@H](c1cnn2cc([C@H](CCC(C)(C)C(F)(F)F)c3nc(C(N)=O)n(C(C)C)n3)nc2c1)N1CC(F)(F)CNC1=O. The molecule has 1 aliphatic heterocycles. The minimum Gasteiger partial charge on any atom is -0.382 e. The van der Waals surface area contributed by atoms with Crippen LogP contribution in [0.15, 0.2) is 18.5 Å². The standard InChI is InChI=1S/C26H34F5N9O3/c1-14(2)40-22(20(32)41)36-21(37-40)16(6-7-24(3,4)26(29,30)31)17-10-39-19(35-17)8-15(9-34-39)18(11-43-5)38-13-25(27,28)12-33-23(38)42/h8-10,14,16,18H,6-7,11-13H2,1-5H3,(H2,32,41)(H,33,42)/t16-,18+/m0/s1. The van der Waals surface area contributed by atoms with Crippen molar-refractivity contribution in [2.75, 3.05) is 26.8 Å². The molecule has 0 spiro atoms. The van der Waals surface area contributed by atoms with Crippen molar-refractivity contribution in [1.82, 2.24) is 39.6 Å². The van der Waals surface area contributed by atoms with E-state index in [1.807, 2.05) is 0 Å². The number of primary amides is 1. The molecule has 43 heavy (non-hydrogen) atoms. The van der Waals surface area contributed by atoms with Gasteiger partial charge in [0, 0.05) is 18.7 Å². The average Bonchev–Trinajstić information content (AvgIpc) is 3.53. The van der Waals surface area contributed by atoms with Gasteiger partial charge in [0.2, 0.25) is 5.82 Å². The van der Waals surface area contributed by atoms with E-state index in [1.165, 1.54) is 34.8 Å². The summed E-state index contributed by atoms with van der Waals surface area (Å²) in [5.41, 5.74) is 4.30. The highest BCUT2D eigenvalue weighted by Crippen LogP contribution is 2.43. The van der Waals surface area contributed by atoms with Crippen LogP contribution in [0.3, 0.4) is 0 Å². The molecule has 1 saturated heterocycles. The van der Waals surface area contributed by atoms with E-state index in [2.05, 4.69) is 25.5 Å². The molecule has 3 aromatic heterocycles. The molecule has 17 heteroatoms. The molecule has 2 atom stereocenters. The molecule has 0 radical (unpaired) electrons. The Morgan fingerprint density at radius 1 is 1.23 bits per heavy atom. The Morgan fingerprint density at radius 2 is 1.93 bits per heavy atom. The number of nitrogens with two attached hydrogens (primary N) is 1. The van der Waals surface area contributed by atoms with Gasteiger partial charge >= 0.3 is 12.2 Å². The lowest BCUT2D eigenvalue weighted by Crippen LogP contribution is -2.58. The van der Waals surface area contributed by atoms with Crippen LogP contribution in [0.2, 0.25) is 0 Å². The molecule has 0 saturated carbocycles. The van der Waals surface area contributed by atoms with Gasteiger partial charge in [0.25, 0.3) is 11.8 Å². The fourth-order valence-electron chi connectivity index (χ4n) is 4.79. The Labute approximate surface area is 243 Å². The summed E-state index contributed by atoms with van der Waals surface area (Å²) in [6, 6.07) is -0.412. The number of nitrogens with one attached hydrogen (secondary N) is 1. The molecule has 3 amide bonds. The summed E-state index contributed by atoms with van der Waals surface area (Å²) in [5.74, 6) is -4.97. The predicted octanol–water partition coefficient (Wildman–Crippen LogP) is 3.85. The molecule has 0 unspecified atom stereocenters. The smallest absolute Gasteiger partial charge is 0.382 e. The molecule has 4 heterocycles. The molecule has 0 aliphatic carbocycles. The Kier molecular flexibility index (Phi) is 8.68. The van der Waals surface area contributed by atoms with Gasteiger partial charge in [-0.3, -0.25) is 4.79 Å². The molecule has 1 aliphatic rings. The lowest BCUT2D eigenvalue weighted by Gasteiger charge is -2.38. The number of fused-ring (bicyclic) bond motifs is 1. The first-order chi connectivity index (χ1) is 19.9. The summed E-state index contributed by atoms with van der Waals surface area (Å²) in [5, 5.41) is 10.9. The summed E-state index contributed by atoms with van der Waals surface area (Å²) < 4.78 is 77.4. The number of ether oxygens (including phenoxy) is 1. The number of nitrogens with zero attached hydrogens (tertiary/aromatic N) is 7. The van der Waals surface area contributed by atoms with Crippen LogP contribution in [-0.4, -0.2) is 85.1 Å². The van der Waals surface area contributed by atoms with E-state index in [1.54, 1.807) is 13.8 Å². The third kappa shape index (κ3) is 6.70. The van der Waals surface area contributed by atoms with Crippen LogP contribution in [0, 0.1) is 5.41 Å². The molecule has 12 nitrogen and oxygen atoms in total. The van der Waals surface area contributed by atoms with Gasteiger partial charge in [-0.1, -0.05) is 13.8 Å². The summed E-state index contributed by atoms with van der Waals surface area (Å²) >= 11 is 0. The van der Waals surface area contributed by atoms with Gasteiger partial charge in [-0.05, 0) is 32.8 Å². The number of hydrogen-bond donors (Lipinski definition) is 2. The van der Waals surface area contributed by atoms with E-state index in [9.17, 15) is 31.5 Å². The largest absolute Gasteiger partial charge is 0.393 e. The highest BCUT2D eigenvalue weighted by atomic mass is 19.4. The Morgan fingerprint density at radius 3 is 2.51 bits per heavy atom. The van der Waals surface area contributed by atoms with Crippen LogP contribution in [0.25, 0.3) is 5.65 Å². The number of halogens is 5. The molecule has 3 aromatic rings. The van der Waals surface area contributed by atoms with Crippen LogP contribution < -0.4 is 11.1 Å². The number of amides is 3. The van der Waals surface area contributed by atoms with Crippen molar-refractivity contribution >= 4 is 17.6 Å². The highest BCUT2D eigenvalue weighted by molar-refractivity contribution is 5.89. The van der Waals surface area contributed by atoms with E-state index in [-0.39, 0.29) is 48.5 Å². The number of imidazole rings is 1. The molecule has 236 valence electrons. The summed E-state index contributed by atoms with van der Waals surface area (Å²) in [6.07, 6.45) is -2.01. The third-order valence-corrected chi connectivity index (χ3v) is 7.46.